The van der Waals surface area contributed by atoms with Gasteiger partial charge in [-0.05, 0) is 35.9 Å². The largest absolute Gasteiger partial charge is 0.399 e. The standard InChI is InChI=1S/C18H21N3O3S.2ClH/c19-15-6-4-14(5-7-15)12-18(22)20-16-2-1-3-17(13-16)21-8-10-25(23,24)11-9-21;;/h1-7,13H,8-12,19H2,(H,20,22);2*1H. The smallest absolute Gasteiger partial charge is 0.228 e. The van der Waals surface area contributed by atoms with Crippen molar-refractivity contribution in [3.05, 3.63) is 54.1 Å². The Labute approximate surface area is 171 Å². The minimum Gasteiger partial charge on any atom is -0.399 e. The molecule has 1 aliphatic heterocycles. The van der Waals surface area contributed by atoms with Crippen molar-refractivity contribution in [3.8, 4) is 0 Å². The number of rotatable bonds is 4. The van der Waals surface area contributed by atoms with Crippen LogP contribution in [0.3, 0.4) is 0 Å². The van der Waals surface area contributed by atoms with Crippen LogP contribution in [0.1, 0.15) is 5.56 Å². The molecule has 9 heteroatoms. The Morgan fingerprint density at radius 2 is 1.67 bits per heavy atom. The number of halogens is 2. The van der Waals surface area contributed by atoms with Crippen LogP contribution in [-0.4, -0.2) is 38.9 Å². The van der Waals surface area contributed by atoms with Gasteiger partial charge in [-0.15, -0.1) is 24.8 Å². The van der Waals surface area contributed by atoms with Crippen LogP contribution in [0, 0.1) is 0 Å². The second-order valence-corrected chi connectivity index (χ2v) is 8.46. The number of hydrogen-bond acceptors (Lipinski definition) is 5. The van der Waals surface area contributed by atoms with E-state index in [1.807, 2.05) is 41.3 Å². The Hall–Kier alpha value is -1.96. The highest BCUT2D eigenvalue weighted by Crippen LogP contribution is 2.21. The van der Waals surface area contributed by atoms with Crippen molar-refractivity contribution in [2.75, 3.05) is 40.5 Å². The van der Waals surface area contributed by atoms with E-state index in [2.05, 4.69) is 5.32 Å². The summed E-state index contributed by atoms with van der Waals surface area (Å²) in [6, 6.07) is 14.7. The zero-order valence-corrected chi connectivity index (χ0v) is 17.1. The first kappa shape index (κ1) is 23.1. The molecule has 27 heavy (non-hydrogen) atoms. The van der Waals surface area contributed by atoms with Gasteiger partial charge in [0.25, 0.3) is 0 Å². The third-order valence-electron chi connectivity index (χ3n) is 4.18. The molecule has 0 spiro atoms. The molecule has 6 nitrogen and oxygen atoms in total. The van der Waals surface area contributed by atoms with E-state index >= 15 is 0 Å². The second-order valence-electron chi connectivity index (χ2n) is 6.16. The molecule has 1 heterocycles. The highest BCUT2D eigenvalue weighted by atomic mass is 35.5. The maximum atomic E-state index is 12.2. The molecule has 1 fully saturated rings. The summed E-state index contributed by atoms with van der Waals surface area (Å²) in [4.78, 5) is 14.2. The van der Waals surface area contributed by atoms with Crippen LogP contribution in [0.2, 0.25) is 0 Å². The molecule has 0 saturated carbocycles. The first-order valence-corrected chi connectivity index (χ1v) is 9.93. The molecule has 3 rings (SSSR count). The van der Waals surface area contributed by atoms with E-state index in [-0.39, 0.29) is 48.6 Å². The van der Waals surface area contributed by atoms with Gasteiger partial charge in [0.05, 0.1) is 17.9 Å². The predicted molar refractivity (Wildman–Crippen MR) is 115 cm³/mol. The highest BCUT2D eigenvalue weighted by Gasteiger charge is 2.21. The van der Waals surface area contributed by atoms with Gasteiger partial charge < -0.3 is 16.0 Å². The van der Waals surface area contributed by atoms with Gasteiger partial charge in [0.1, 0.15) is 0 Å². The number of benzene rings is 2. The number of nitrogens with one attached hydrogen (secondary N) is 1. The number of hydrogen-bond donors (Lipinski definition) is 2. The summed E-state index contributed by atoms with van der Waals surface area (Å²) in [7, 11) is -2.91. The number of nitrogens with two attached hydrogens (primary N) is 1. The molecule has 0 aliphatic carbocycles. The SMILES string of the molecule is Cl.Cl.Nc1ccc(CC(=O)Nc2cccc(N3CCS(=O)(=O)CC3)c2)cc1. The van der Waals surface area contributed by atoms with Gasteiger partial charge in [-0.25, -0.2) is 8.42 Å². The molecule has 0 aromatic heterocycles. The monoisotopic (exact) mass is 431 g/mol. The summed E-state index contributed by atoms with van der Waals surface area (Å²) >= 11 is 0. The fourth-order valence-corrected chi connectivity index (χ4v) is 3.98. The van der Waals surface area contributed by atoms with Crippen LogP contribution in [0.4, 0.5) is 17.1 Å². The highest BCUT2D eigenvalue weighted by molar-refractivity contribution is 7.91. The molecule has 2 aromatic rings. The summed E-state index contributed by atoms with van der Waals surface area (Å²) in [6.07, 6.45) is 0.270. The van der Waals surface area contributed by atoms with E-state index in [1.165, 1.54) is 0 Å². The first-order chi connectivity index (χ1) is 11.9. The number of sulfone groups is 1. The van der Waals surface area contributed by atoms with Gasteiger partial charge in [0.15, 0.2) is 9.84 Å². The van der Waals surface area contributed by atoms with E-state index in [0.29, 0.717) is 24.5 Å². The summed E-state index contributed by atoms with van der Waals surface area (Å²) in [5.74, 6) is 0.227. The molecule has 0 radical (unpaired) electrons. The molecule has 1 saturated heterocycles. The van der Waals surface area contributed by atoms with Crippen LogP contribution >= 0.6 is 24.8 Å². The number of nitrogen functional groups attached to an aromatic ring is 1. The molecule has 2 aromatic carbocycles. The minimum absolute atomic E-state index is 0. The summed E-state index contributed by atoms with van der Waals surface area (Å²) in [5.41, 5.74) is 8.82. The number of anilines is 3. The Bertz CT molecular complexity index is 860. The lowest BCUT2D eigenvalue weighted by Gasteiger charge is -2.29. The molecule has 0 unspecified atom stereocenters. The van der Waals surface area contributed by atoms with Gasteiger partial charge in [-0.2, -0.15) is 0 Å². The van der Waals surface area contributed by atoms with Crippen molar-refractivity contribution < 1.29 is 13.2 Å². The first-order valence-electron chi connectivity index (χ1n) is 8.11. The van der Waals surface area contributed by atoms with Crippen molar-refractivity contribution in [1.82, 2.24) is 0 Å². The zero-order valence-electron chi connectivity index (χ0n) is 14.6. The molecule has 1 aliphatic rings. The summed E-state index contributed by atoms with van der Waals surface area (Å²) < 4.78 is 23.1. The van der Waals surface area contributed by atoms with E-state index < -0.39 is 9.84 Å². The van der Waals surface area contributed by atoms with Crippen molar-refractivity contribution in [2.45, 2.75) is 6.42 Å². The number of carbonyl (C=O) groups is 1. The van der Waals surface area contributed by atoms with E-state index in [1.54, 1.807) is 12.1 Å². The molecule has 0 bridgehead atoms. The molecule has 1 amide bonds. The van der Waals surface area contributed by atoms with Crippen LogP contribution in [0.25, 0.3) is 0 Å². The maximum Gasteiger partial charge on any atom is 0.228 e. The van der Waals surface area contributed by atoms with Gasteiger partial charge in [-0.1, -0.05) is 18.2 Å². The van der Waals surface area contributed by atoms with Crippen LogP contribution in [0.5, 0.6) is 0 Å². The Morgan fingerprint density at radius 1 is 1.04 bits per heavy atom. The van der Waals surface area contributed by atoms with Crippen LogP contribution in [-0.2, 0) is 21.1 Å². The van der Waals surface area contributed by atoms with Gasteiger partial charge in [-0.3, -0.25) is 4.79 Å². The van der Waals surface area contributed by atoms with Crippen LogP contribution < -0.4 is 16.0 Å². The molecule has 3 N–H and O–H groups in total. The van der Waals surface area contributed by atoms with E-state index in [9.17, 15) is 13.2 Å². The predicted octanol–water partition coefficient (Wildman–Crippen LogP) is 2.53. The summed E-state index contributed by atoms with van der Waals surface area (Å²) in [5, 5.41) is 2.89. The number of carbonyl (C=O) groups excluding carboxylic acids is 1. The quantitative estimate of drug-likeness (QED) is 0.725. The van der Waals surface area contributed by atoms with E-state index in [0.717, 1.165) is 11.3 Å². The lowest BCUT2D eigenvalue weighted by Crippen LogP contribution is -2.40. The number of amides is 1. The summed E-state index contributed by atoms with van der Waals surface area (Å²) in [6.45, 7) is 0.955. The Morgan fingerprint density at radius 3 is 2.30 bits per heavy atom. The van der Waals surface area contributed by atoms with Crippen LogP contribution in [0.15, 0.2) is 48.5 Å². The second kappa shape index (κ2) is 9.82. The lowest BCUT2D eigenvalue weighted by molar-refractivity contribution is -0.115. The topological polar surface area (TPSA) is 92.5 Å². The van der Waals surface area contributed by atoms with Crippen molar-refractivity contribution in [3.63, 3.8) is 0 Å². The van der Waals surface area contributed by atoms with Gasteiger partial charge >= 0.3 is 0 Å². The molecule has 148 valence electrons. The fraction of sp³-hybridized carbons (Fsp3) is 0.278. The molecule has 0 atom stereocenters. The molecular weight excluding hydrogens is 409 g/mol. The minimum atomic E-state index is -2.91. The van der Waals surface area contributed by atoms with Gasteiger partial charge in [0.2, 0.25) is 5.91 Å². The average Bonchev–Trinajstić information content (AvgIpc) is 2.57. The van der Waals surface area contributed by atoms with E-state index in [4.69, 9.17) is 5.73 Å². The number of nitrogens with zero attached hydrogens (tertiary/aromatic N) is 1. The van der Waals surface area contributed by atoms with Crippen molar-refractivity contribution in [2.24, 2.45) is 0 Å². The zero-order chi connectivity index (χ0) is 17.9. The Kier molecular flexibility index (Phi) is 8.40. The fourth-order valence-electron chi connectivity index (χ4n) is 2.78. The lowest BCUT2D eigenvalue weighted by atomic mass is 10.1. The molecular formula is C18H23Cl2N3O3S. The van der Waals surface area contributed by atoms with Crippen molar-refractivity contribution >= 4 is 57.6 Å². The normalized spacial score (nSPS) is 15.2. The van der Waals surface area contributed by atoms with Crippen molar-refractivity contribution in [1.29, 1.82) is 0 Å². The third-order valence-corrected chi connectivity index (χ3v) is 5.79. The Balaban J connectivity index is 0.00000182. The maximum absolute atomic E-state index is 12.2. The average molecular weight is 432 g/mol. The third kappa shape index (κ3) is 6.61. The van der Waals surface area contributed by atoms with Gasteiger partial charge in [0, 0.05) is 30.2 Å².